The number of rotatable bonds is 4. The molecule has 0 aliphatic heterocycles. The van der Waals surface area contributed by atoms with E-state index in [1.165, 1.54) is 0 Å². The van der Waals surface area contributed by atoms with Crippen LogP contribution in [0.4, 0.5) is 5.69 Å². The molecule has 5 nitrogen and oxygen atoms in total. The van der Waals surface area contributed by atoms with Crippen molar-refractivity contribution < 1.29 is 9.59 Å². The molecule has 96 valence electrons. The molecule has 1 aliphatic carbocycles. The van der Waals surface area contributed by atoms with Crippen LogP contribution in [0, 0.1) is 0 Å². The molecule has 0 radical (unpaired) electrons. The maximum atomic E-state index is 11.9. The summed E-state index contributed by atoms with van der Waals surface area (Å²) in [5.74, 6) is -0.733. The number of hydrogen-bond acceptors (Lipinski definition) is 3. The van der Waals surface area contributed by atoms with Crippen LogP contribution in [-0.2, 0) is 4.79 Å². The zero-order valence-corrected chi connectivity index (χ0v) is 10.1. The second-order valence-corrected chi connectivity index (χ2v) is 4.85. The van der Waals surface area contributed by atoms with Crippen molar-refractivity contribution in [2.75, 3.05) is 5.32 Å². The minimum Gasteiger partial charge on any atom is -0.366 e. The fraction of sp³-hybridized carbons (Fsp3) is 0.385. The molecule has 0 aromatic heterocycles. The van der Waals surface area contributed by atoms with Gasteiger partial charge < -0.3 is 16.8 Å². The molecule has 1 aromatic carbocycles. The SMILES string of the molecule is NC(=O)c1ccccc1NC(=O)CC1(N)CCC1. The summed E-state index contributed by atoms with van der Waals surface area (Å²) in [6.45, 7) is 0. The monoisotopic (exact) mass is 247 g/mol. The minimum absolute atomic E-state index is 0.175. The Kier molecular flexibility index (Phi) is 3.34. The second kappa shape index (κ2) is 4.78. The summed E-state index contributed by atoms with van der Waals surface area (Å²) in [6, 6.07) is 6.68. The van der Waals surface area contributed by atoms with Crippen LogP contribution in [0.5, 0.6) is 0 Å². The molecule has 2 amide bonds. The van der Waals surface area contributed by atoms with Crippen LogP contribution in [0.2, 0.25) is 0 Å². The van der Waals surface area contributed by atoms with Gasteiger partial charge in [0.2, 0.25) is 5.91 Å². The van der Waals surface area contributed by atoms with Crippen LogP contribution in [-0.4, -0.2) is 17.4 Å². The van der Waals surface area contributed by atoms with Gasteiger partial charge in [0, 0.05) is 12.0 Å². The molecular formula is C13H17N3O2. The average Bonchev–Trinajstić information content (AvgIpc) is 2.27. The minimum atomic E-state index is -0.558. The van der Waals surface area contributed by atoms with E-state index in [1.54, 1.807) is 24.3 Å². The molecule has 5 heteroatoms. The first-order chi connectivity index (χ1) is 8.50. The highest BCUT2D eigenvalue weighted by molar-refractivity contribution is 6.03. The van der Waals surface area contributed by atoms with Crippen LogP contribution in [0.1, 0.15) is 36.0 Å². The van der Waals surface area contributed by atoms with Crippen molar-refractivity contribution in [2.45, 2.75) is 31.2 Å². The Morgan fingerprint density at radius 2 is 1.94 bits per heavy atom. The van der Waals surface area contributed by atoms with E-state index < -0.39 is 5.91 Å². The van der Waals surface area contributed by atoms with Crippen molar-refractivity contribution in [3.63, 3.8) is 0 Å². The lowest BCUT2D eigenvalue weighted by Gasteiger charge is -2.37. The second-order valence-electron chi connectivity index (χ2n) is 4.85. The van der Waals surface area contributed by atoms with Gasteiger partial charge in [-0.2, -0.15) is 0 Å². The molecule has 0 saturated heterocycles. The fourth-order valence-corrected chi connectivity index (χ4v) is 2.13. The molecule has 0 unspecified atom stereocenters. The number of carbonyl (C=O) groups is 2. The molecule has 0 atom stereocenters. The number of primary amides is 1. The van der Waals surface area contributed by atoms with Gasteiger partial charge in [0.25, 0.3) is 5.91 Å². The number of nitrogens with two attached hydrogens (primary N) is 2. The number of carbonyl (C=O) groups excluding carboxylic acids is 2. The van der Waals surface area contributed by atoms with Gasteiger partial charge in [0.1, 0.15) is 0 Å². The summed E-state index contributed by atoms with van der Waals surface area (Å²) >= 11 is 0. The Morgan fingerprint density at radius 3 is 2.50 bits per heavy atom. The highest BCUT2D eigenvalue weighted by Crippen LogP contribution is 2.32. The summed E-state index contributed by atoms with van der Waals surface area (Å²) in [6.07, 6.45) is 3.09. The highest BCUT2D eigenvalue weighted by Gasteiger charge is 2.34. The van der Waals surface area contributed by atoms with Crippen LogP contribution in [0.25, 0.3) is 0 Å². The van der Waals surface area contributed by atoms with Crippen LogP contribution in [0.3, 0.4) is 0 Å². The summed E-state index contributed by atoms with van der Waals surface area (Å²) in [5.41, 5.74) is 11.6. The van der Waals surface area contributed by atoms with E-state index in [2.05, 4.69) is 5.32 Å². The Hall–Kier alpha value is -1.88. The van der Waals surface area contributed by atoms with Crippen molar-refractivity contribution in [1.82, 2.24) is 0 Å². The third-order valence-electron chi connectivity index (χ3n) is 3.33. The van der Waals surface area contributed by atoms with Gasteiger partial charge in [-0.1, -0.05) is 12.1 Å². The number of nitrogens with one attached hydrogen (secondary N) is 1. The summed E-state index contributed by atoms with van der Waals surface area (Å²) < 4.78 is 0. The maximum absolute atomic E-state index is 11.9. The van der Waals surface area contributed by atoms with Crippen LogP contribution in [0.15, 0.2) is 24.3 Å². The third kappa shape index (κ3) is 2.68. The molecule has 0 spiro atoms. The molecule has 1 saturated carbocycles. The quantitative estimate of drug-likeness (QED) is 0.740. The van der Waals surface area contributed by atoms with Crippen molar-refractivity contribution in [3.8, 4) is 0 Å². The normalized spacial score (nSPS) is 16.7. The molecule has 18 heavy (non-hydrogen) atoms. The van der Waals surface area contributed by atoms with E-state index in [0.717, 1.165) is 19.3 Å². The van der Waals surface area contributed by atoms with Crippen molar-refractivity contribution >= 4 is 17.5 Å². The largest absolute Gasteiger partial charge is 0.366 e. The Balaban J connectivity index is 2.05. The van der Waals surface area contributed by atoms with Crippen molar-refractivity contribution in [2.24, 2.45) is 11.5 Å². The number of anilines is 1. The highest BCUT2D eigenvalue weighted by atomic mass is 16.2. The lowest BCUT2D eigenvalue weighted by molar-refractivity contribution is -0.118. The Labute approximate surface area is 106 Å². The predicted molar refractivity (Wildman–Crippen MR) is 69.0 cm³/mol. The van der Waals surface area contributed by atoms with Crippen LogP contribution < -0.4 is 16.8 Å². The first kappa shape index (κ1) is 12.6. The third-order valence-corrected chi connectivity index (χ3v) is 3.33. The zero-order valence-electron chi connectivity index (χ0n) is 10.1. The maximum Gasteiger partial charge on any atom is 0.250 e. The predicted octanol–water partition coefficient (Wildman–Crippen LogP) is 0.996. The first-order valence-corrected chi connectivity index (χ1v) is 5.98. The number of benzene rings is 1. The van der Waals surface area contributed by atoms with Crippen molar-refractivity contribution in [3.05, 3.63) is 29.8 Å². The summed E-state index contributed by atoms with van der Waals surface area (Å²) in [4.78, 5) is 23.1. The van der Waals surface area contributed by atoms with E-state index in [0.29, 0.717) is 11.3 Å². The van der Waals surface area contributed by atoms with Gasteiger partial charge in [-0.3, -0.25) is 9.59 Å². The van der Waals surface area contributed by atoms with E-state index in [4.69, 9.17) is 11.5 Å². The summed E-state index contributed by atoms with van der Waals surface area (Å²) in [5, 5.41) is 2.70. The smallest absolute Gasteiger partial charge is 0.250 e. The van der Waals surface area contributed by atoms with Gasteiger partial charge in [-0.25, -0.2) is 0 Å². The number of para-hydroxylation sites is 1. The van der Waals surface area contributed by atoms with Gasteiger partial charge in [0.15, 0.2) is 0 Å². The van der Waals surface area contributed by atoms with Gasteiger partial charge in [0.05, 0.1) is 11.3 Å². The average molecular weight is 247 g/mol. The standard InChI is InChI=1S/C13H17N3O2/c14-12(18)9-4-1-2-5-10(9)16-11(17)8-13(15)6-3-7-13/h1-2,4-5H,3,6-8,15H2,(H2,14,18)(H,16,17). The Bertz CT molecular complexity index is 481. The number of hydrogen-bond donors (Lipinski definition) is 3. The summed E-state index contributed by atoms with van der Waals surface area (Å²) in [7, 11) is 0. The van der Waals surface area contributed by atoms with E-state index in [1.807, 2.05) is 0 Å². The molecule has 1 aromatic rings. The zero-order chi connectivity index (χ0) is 13.2. The molecule has 0 heterocycles. The van der Waals surface area contributed by atoms with E-state index in [9.17, 15) is 9.59 Å². The van der Waals surface area contributed by atoms with Gasteiger partial charge >= 0.3 is 0 Å². The van der Waals surface area contributed by atoms with E-state index >= 15 is 0 Å². The van der Waals surface area contributed by atoms with E-state index in [-0.39, 0.29) is 17.9 Å². The van der Waals surface area contributed by atoms with Crippen molar-refractivity contribution in [1.29, 1.82) is 0 Å². The molecular weight excluding hydrogens is 230 g/mol. The molecule has 1 fully saturated rings. The first-order valence-electron chi connectivity index (χ1n) is 5.98. The molecule has 1 aliphatic rings. The molecule has 5 N–H and O–H groups in total. The fourth-order valence-electron chi connectivity index (χ4n) is 2.13. The Morgan fingerprint density at radius 1 is 1.28 bits per heavy atom. The van der Waals surface area contributed by atoms with Gasteiger partial charge in [-0.05, 0) is 31.4 Å². The molecule has 2 rings (SSSR count). The topological polar surface area (TPSA) is 98.2 Å². The number of amides is 2. The lowest BCUT2D eigenvalue weighted by Crippen LogP contribution is -2.49. The van der Waals surface area contributed by atoms with Gasteiger partial charge in [-0.15, -0.1) is 0 Å². The lowest BCUT2D eigenvalue weighted by atomic mass is 9.75. The van der Waals surface area contributed by atoms with Crippen LogP contribution >= 0.6 is 0 Å². The molecule has 0 bridgehead atoms.